The average molecular weight is 309 g/mol. The molecule has 114 valence electrons. The summed E-state index contributed by atoms with van der Waals surface area (Å²) in [5.74, 6) is -0.958. The lowest BCUT2D eigenvalue weighted by Gasteiger charge is -2.15. The Morgan fingerprint density at radius 1 is 1.33 bits per heavy atom. The van der Waals surface area contributed by atoms with Gasteiger partial charge in [-0.3, -0.25) is 4.79 Å². The van der Waals surface area contributed by atoms with E-state index in [0.717, 1.165) is 11.1 Å². The van der Waals surface area contributed by atoms with Crippen molar-refractivity contribution in [1.82, 2.24) is 0 Å². The van der Waals surface area contributed by atoms with Gasteiger partial charge in [-0.2, -0.15) is 4.99 Å². The van der Waals surface area contributed by atoms with Gasteiger partial charge in [0, 0.05) is 5.56 Å². The van der Waals surface area contributed by atoms with E-state index in [1.165, 1.54) is 6.07 Å². The third-order valence-corrected chi connectivity index (χ3v) is 6.32. The van der Waals surface area contributed by atoms with Crippen molar-refractivity contribution in [2.45, 2.75) is 43.3 Å². The van der Waals surface area contributed by atoms with Crippen LogP contribution in [0.4, 0.5) is 0 Å². The zero-order valence-corrected chi connectivity index (χ0v) is 13.1. The van der Waals surface area contributed by atoms with Crippen molar-refractivity contribution in [2.75, 3.05) is 0 Å². The molecule has 21 heavy (non-hydrogen) atoms. The first-order valence-electron chi connectivity index (χ1n) is 6.64. The Morgan fingerprint density at radius 2 is 1.95 bits per heavy atom. The molecule has 1 aromatic rings. The minimum Gasteiger partial charge on any atom is -0.370 e. The number of nitrogens with zero attached hydrogens (tertiary/aromatic N) is 1. The number of carbonyl (C=O) groups excluding carboxylic acids is 1. The van der Waals surface area contributed by atoms with E-state index in [9.17, 15) is 13.2 Å². The van der Waals surface area contributed by atoms with Gasteiger partial charge in [0.25, 0.3) is 5.91 Å². The van der Waals surface area contributed by atoms with Gasteiger partial charge in [0.05, 0.1) is 9.64 Å². The first kappa shape index (κ1) is 15.5. The number of guanidine groups is 1. The number of sulfone groups is 1. The maximum atomic E-state index is 12.5. The number of amides is 1. The minimum absolute atomic E-state index is 0.207. The van der Waals surface area contributed by atoms with E-state index in [1.807, 2.05) is 6.92 Å². The van der Waals surface area contributed by atoms with Crippen LogP contribution in [0, 0.1) is 0 Å². The van der Waals surface area contributed by atoms with E-state index in [1.54, 1.807) is 19.9 Å². The summed E-state index contributed by atoms with van der Waals surface area (Å²) >= 11 is 0. The third kappa shape index (κ3) is 2.42. The van der Waals surface area contributed by atoms with E-state index in [-0.39, 0.29) is 16.4 Å². The quantitative estimate of drug-likeness (QED) is 0.618. The number of hydrogen-bond donors (Lipinski definition) is 2. The largest absolute Gasteiger partial charge is 0.370 e. The fourth-order valence-corrected chi connectivity index (χ4v) is 4.27. The van der Waals surface area contributed by atoms with Crippen LogP contribution in [-0.2, 0) is 22.7 Å². The van der Waals surface area contributed by atoms with E-state index in [2.05, 4.69) is 4.99 Å². The number of aliphatic imine (C=N–C) groups is 1. The third-order valence-electron chi connectivity index (χ3n) is 3.76. The van der Waals surface area contributed by atoms with Crippen LogP contribution in [0.5, 0.6) is 0 Å². The SMILES string of the molecule is CCc1cc2c(cc1C(=O)N=C(N)N)S(=O)(=O)C(C)(C)C2. The zero-order chi connectivity index (χ0) is 16.0. The van der Waals surface area contributed by atoms with Crippen molar-refractivity contribution in [2.24, 2.45) is 16.5 Å². The predicted molar refractivity (Wildman–Crippen MR) is 80.9 cm³/mol. The summed E-state index contributed by atoms with van der Waals surface area (Å²) < 4.78 is 24.1. The van der Waals surface area contributed by atoms with Crippen LogP contribution in [0.1, 0.15) is 42.3 Å². The summed E-state index contributed by atoms with van der Waals surface area (Å²) in [6.45, 7) is 5.26. The maximum Gasteiger partial charge on any atom is 0.280 e. The molecule has 0 saturated heterocycles. The molecule has 2 rings (SSSR count). The standard InChI is InChI=1S/C14H19N3O3S/c1-4-8-5-9-7-14(2,3)21(19,20)11(9)6-10(8)12(18)17-13(15)16/h5-6H,4,7H2,1-3H3,(H4,15,16,17,18). The minimum atomic E-state index is -3.46. The monoisotopic (exact) mass is 309 g/mol. The van der Waals surface area contributed by atoms with Gasteiger partial charge in [0.1, 0.15) is 0 Å². The van der Waals surface area contributed by atoms with Gasteiger partial charge in [-0.25, -0.2) is 8.42 Å². The smallest absolute Gasteiger partial charge is 0.280 e. The van der Waals surface area contributed by atoms with E-state index in [4.69, 9.17) is 11.5 Å². The molecule has 0 aliphatic carbocycles. The highest BCUT2D eigenvalue weighted by molar-refractivity contribution is 7.93. The Bertz CT molecular complexity index is 745. The fraction of sp³-hybridized carbons (Fsp3) is 0.429. The molecule has 4 N–H and O–H groups in total. The normalized spacial score (nSPS) is 18.0. The van der Waals surface area contributed by atoms with Crippen molar-refractivity contribution >= 4 is 21.7 Å². The van der Waals surface area contributed by atoms with Crippen LogP contribution in [-0.4, -0.2) is 25.0 Å². The average Bonchev–Trinajstić information content (AvgIpc) is 2.53. The van der Waals surface area contributed by atoms with Crippen LogP contribution in [0.3, 0.4) is 0 Å². The molecule has 0 spiro atoms. The Balaban J connectivity index is 2.68. The van der Waals surface area contributed by atoms with Crippen molar-refractivity contribution in [3.8, 4) is 0 Å². The summed E-state index contributed by atoms with van der Waals surface area (Å²) in [6.07, 6.45) is 1.03. The molecule has 6 nitrogen and oxygen atoms in total. The molecule has 1 aromatic carbocycles. The topological polar surface area (TPSA) is 116 Å². The molecule has 1 amide bonds. The molecule has 7 heteroatoms. The second-order valence-electron chi connectivity index (χ2n) is 5.75. The first-order chi connectivity index (χ1) is 9.60. The molecule has 0 atom stereocenters. The molecule has 1 aliphatic heterocycles. The van der Waals surface area contributed by atoms with E-state index < -0.39 is 20.5 Å². The van der Waals surface area contributed by atoms with Gasteiger partial charge in [-0.05, 0) is 43.9 Å². The summed E-state index contributed by atoms with van der Waals surface area (Å²) in [5, 5.41) is 0. The van der Waals surface area contributed by atoms with Crippen molar-refractivity contribution in [3.63, 3.8) is 0 Å². The Hall–Kier alpha value is -1.89. The lowest BCUT2D eigenvalue weighted by Crippen LogP contribution is -2.27. The van der Waals surface area contributed by atoms with Crippen molar-refractivity contribution in [3.05, 3.63) is 28.8 Å². The van der Waals surface area contributed by atoms with Crippen molar-refractivity contribution < 1.29 is 13.2 Å². The number of nitrogens with two attached hydrogens (primary N) is 2. The summed E-state index contributed by atoms with van der Waals surface area (Å²) in [6, 6.07) is 3.18. The molecule has 0 saturated carbocycles. The number of fused-ring (bicyclic) bond motifs is 1. The molecular weight excluding hydrogens is 290 g/mol. The Morgan fingerprint density at radius 3 is 2.48 bits per heavy atom. The second-order valence-corrected chi connectivity index (χ2v) is 8.30. The number of rotatable bonds is 2. The Labute approximate surface area is 124 Å². The fourth-order valence-electron chi connectivity index (χ4n) is 2.58. The highest BCUT2D eigenvalue weighted by Gasteiger charge is 2.44. The highest BCUT2D eigenvalue weighted by atomic mass is 32.2. The van der Waals surface area contributed by atoms with Gasteiger partial charge >= 0.3 is 0 Å². The molecule has 0 radical (unpaired) electrons. The molecule has 0 aromatic heterocycles. The predicted octanol–water partition coefficient (Wildman–Crippen LogP) is 0.771. The number of hydrogen-bond acceptors (Lipinski definition) is 3. The summed E-state index contributed by atoms with van der Waals surface area (Å²) in [5.41, 5.74) is 12.2. The molecule has 1 heterocycles. The van der Waals surface area contributed by atoms with Gasteiger partial charge in [-0.1, -0.05) is 13.0 Å². The molecule has 0 bridgehead atoms. The Kier molecular flexibility index (Phi) is 3.57. The maximum absolute atomic E-state index is 12.5. The lowest BCUT2D eigenvalue weighted by molar-refractivity contribution is 0.100. The highest BCUT2D eigenvalue weighted by Crippen LogP contribution is 2.40. The van der Waals surface area contributed by atoms with Gasteiger partial charge in [-0.15, -0.1) is 0 Å². The number of aryl methyl sites for hydroxylation is 1. The van der Waals surface area contributed by atoms with E-state index in [0.29, 0.717) is 12.8 Å². The number of benzene rings is 1. The van der Waals surface area contributed by atoms with Crippen LogP contribution < -0.4 is 11.5 Å². The van der Waals surface area contributed by atoms with Crippen LogP contribution in [0.15, 0.2) is 22.0 Å². The molecular formula is C14H19N3O3S. The first-order valence-corrected chi connectivity index (χ1v) is 8.13. The molecule has 1 aliphatic rings. The second kappa shape index (κ2) is 4.84. The summed E-state index contributed by atoms with van der Waals surface area (Å²) in [4.78, 5) is 15.8. The van der Waals surface area contributed by atoms with Gasteiger partial charge < -0.3 is 11.5 Å². The summed E-state index contributed by atoms with van der Waals surface area (Å²) in [7, 11) is -3.46. The molecule has 0 unspecified atom stereocenters. The molecule has 0 fully saturated rings. The number of carbonyl (C=O) groups is 1. The van der Waals surface area contributed by atoms with Gasteiger partial charge in [0.2, 0.25) is 0 Å². The van der Waals surface area contributed by atoms with E-state index >= 15 is 0 Å². The van der Waals surface area contributed by atoms with Crippen LogP contribution in [0.25, 0.3) is 0 Å². The zero-order valence-electron chi connectivity index (χ0n) is 12.3. The lowest BCUT2D eigenvalue weighted by atomic mass is 9.96. The van der Waals surface area contributed by atoms with Crippen LogP contribution >= 0.6 is 0 Å². The van der Waals surface area contributed by atoms with Gasteiger partial charge in [0.15, 0.2) is 15.8 Å². The van der Waals surface area contributed by atoms with Crippen molar-refractivity contribution in [1.29, 1.82) is 0 Å². The van der Waals surface area contributed by atoms with Crippen LogP contribution in [0.2, 0.25) is 0 Å².